The Morgan fingerprint density at radius 2 is 1.38 bits per heavy atom. The van der Waals surface area contributed by atoms with Gasteiger partial charge in [0, 0.05) is 6.42 Å². The largest absolute Gasteiger partial charge is 0.360 e. The van der Waals surface area contributed by atoms with Crippen LogP contribution in [0.3, 0.4) is 0 Å². The molecule has 2 aliphatic carbocycles. The molecule has 90 valence electrons. The van der Waals surface area contributed by atoms with Gasteiger partial charge in [0.2, 0.25) is 0 Å². The third-order valence-corrected chi connectivity index (χ3v) is 4.83. The van der Waals surface area contributed by atoms with Crippen molar-refractivity contribution < 1.29 is 9.53 Å². The predicted octanol–water partition coefficient (Wildman–Crippen LogP) is 3.38. The molecule has 3 fully saturated rings. The number of hydrogen-bond donors (Lipinski definition) is 0. The van der Waals surface area contributed by atoms with Crippen LogP contribution in [0.2, 0.25) is 0 Å². The Morgan fingerprint density at radius 1 is 0.812 bits per heavy atom. The second kappa shape index (κ2) is 3.83. The summed E-state index contributed by atoms with van der Waals surface area (Å²) in [6, 6.07) is 0. The maximum atomic E-state index is 12.3. The van der Waals surface area contributed by atoms with Gasteiger partial charge in [-0.05, 0) is 25.7 Å². The molecule has 0 atom stereocenters. The first-order valence-electron chi connectivity index (χ1n) is 6.98. The number of ketones is 1. The van der Waals surface area contributed by atoms with Crippen LogP contribution < -0.4 is 0 Å². The van der Waals surface area contributed by atoms with Crippen LogP contribution in [0.4, 0.5) is 0 Å². The molecule has 16 heavy (non-hydrogen) atoms. The van der Waals surface area contributed by atoms with Crippen molar-refractivity contribution in [2.45, 2.75) is 81.8 Å². The van der Waals surface area contributed by atoms with E-state index in [4.69, 9.17) is 4.74 Å². The van der Waals surface area contributed by atoms with Gasteiger partial charge < -0.3 is 4.74 Å². The minimum absolute atomic E-state index is 0.0350. The summed E-state index contributed by atoms with van der Waals surface area (Å²) >= 11 is 0. The standard InChI is InChI=1S/C14H22O2/c15-12-11-13(7-3-1-4-8-13)16-14(12)9-5-2-6-10-14/h1-11H2. The van der Waals surface area contributed by atoms with Gasteiger partial charge in [-0.15, -0.1) is 0 Å². The van der Waals surface area contributed by atoms with Crippen molar-refractivity contribution in [3.8, 4) is 0 Å². The first-order valence-corrected chi connectivity index (χ1v) is 6.98. The zero-order valence-corrected chi connectivity index (χ0v) is 10.1. The summed E-state index contributed by atoms with van der Waals surface area (Å²) in [5, 5.41) is 0. The van der Waals surface area contributed by atoms with E-state index in [2.05, 4.69) is 0 Å². The van der Waals surface area contributed by atoms with Gasteiger partial charge in [0.1, 0.15) is 5.60 Å². The van der Waals surface area contributed by atoms with Gasteiger partial charge >= 0.3 is 0 Å². The Balaban J connectivity index is 1.80. The zero-order valence-electron chi connectivity index (χ0n) is 10.1. The molecule has 1 saturated heterocycles. The molecular formula is C14H22O2. The molecule has 0 unspecified atom stereocenters. The average Bonchev–Trinajstić information content (AvgIpc) is 2.54. The molecular weight excluding hydrogens is 200 g/mol. The van der Waals surface area contributed by atoms with E-state index in [1.807, 2.05) is 0 Å². The molecule has 2 nitrogen and oxygen atoms in total. The number of Topliss-reactive ketones (excluding diaryl/α,β-unsaturated/α-hetero) is 1. The maximum Gasteiger partial charge on any atom is 0.167 e. The predicted molar refractivity (Wildman–Crippen MR) is 62.3 cm³/mol. The number of carbonyl (C=O) groups is 1. The third-order valence-electron chi connectivity index (χ3n) is 4.83. The first-order chi connectivity index (χ1) is 7.75. The fourth-order valence-corrected chi connectivity index (χ4v) is 3.94. The highest BCUT2D eigenvalue weighted by atomic mass is 16.5. The highest BCUT2D eigenvalue weighted by Gasteiger charge is 2.55. The van der Waals surface area contributed by atoms with Crippen molar-refractivity contribution in [2.24, 2.45) is 0 Å². The summed E-state index contributed by atoms with van der Waals surface area (Å²) in [6.45, 7) is 0. The molecule has 1 heterocycles. The van der Waals surface area contributed by atoms with Gasteiger partial charge in [0.05, 0.1) is 5.60 Å². The Morgan fingerprint density at radius 3 is 2.00 bits per heavy atom. The summed E-state index contributed by atoms with van der Waals surface area (Å²) < 4.78 is 6.38. The molecule has 3 aliphatic rings. The van der Waals surface area contributed by atoms with Crippen LogP contribution in [0.25, 0.3) is 0 Å². The molecule has 0 aromatic rings. The molecule has 1 aliphatic heterocycles. The van der Waals surface area contributed by atoms with Crippen molar-refractivity contribution in [2.75, 3.05) is 0 Å². The van der Waals surface area contributed by atoms with E-state index in [0.717, 1.165) is 25.7 Å². The lowest BCUT2D eigenvalue weighted by atomic mass is 9.79. The topological polar surface area (TPSA) is 26.3 Å². The second-order valence-corrected chi connectivity index (χ2v) is 6.00. The Labute approximate surface area is 97.7 Å². The van der Waals surface area contributed by atoms with Crippen LogP contribution in [-0.2, 0) is 9.53 Å². The Hall–Kier alpha value is -0.370. The van der Waals surface area contributed by atoms with Crippen LogP contribution in [0.5, 0.6) is 0 Å². The minimum Gasteiger partial charge on any atom is -0.360 e. The molecule has 2 heteroatoms. The van der Waals surface area contributed by atoms with Crippen molar-refractivity contribution in [3.05, 3.63) is 0 Å². The SMILES string of the molecule is O=C1CC2(CCCCC2)OC12CCCCC2. The quantitative estimate of drug-likeness (QED) is 0.628. The van der Waals surface area contributed by atoms with Gasteiger partial charge in [-0.1, -0.05) is 38.5 Å². The molecule has 0 amide bonds. The van der Waals surface area contributed by atoms with Crippen molar-refractivity contribution in [3.63, 3.8) is 0 Å². The first kappa shape index (κ1) is 10.8. The van der Waals surface area contributed by atoms with Crippen LogP contribution in [0.15, 0.2) is 0 Å². The highest BCUT2D eigenvalue weighted by molar-refractivity contribution is 5.90. The van der Waals surface area contributed by atoms with E-state index >= 15 is 0 Å². The molecule has 0 aromatic heterocycles. The molecule has 0 N–H and O–H groups in total. The lowest BCUT2D eigenvalue weighted by Gasteiger charge is -2.38. The lowest BCUT2D eigenvalue weighted by Crippen LogP contribution is -2.40. The Bertz CT molecular complexity index is 283. The summed E-state index contributed by atoms with van der Waals surface area (Å²) in [5.74, 6) is 0.425. The molecule has 2 saturated carbocycles. The van der Waals surface area contributed by atoms with E-state index < -0.39 is 0 Å². The van der Waals surface area contributed by atoms with Gasteiger partial charge in [0.25, 0.3) is 0 Å². The number of ether oxygens (including phenoxy) is 1. The summed E-state index contributed by atoms with van der Waals surface area (Å²) in [4.78, 5) is 12.3. The van der Waals surface area contributed by atoms with E-state index in [1.165, 1.54) is 38.5 Å². The number of hydrogen-bond acceptors (Lipinski definition) is 2. The van der Waals surface area contributed by atoms with Crippen molar-refractivity contribution in [1.82, 2.24) is 0 Å². The molecule has 0 bridgehead atoms. The minimum atomic E-state index is -0.338. The van der Waals surface area contributed by atoms with E-state index in [0.29, 0.717) is 12.2 Å². The Kier molecular flexibility index (Phi) is 2.58. The average molecular weight is 222 g/mol. The van der Waals surface area contributed by atoms with Gasteiger partial charge in [0.15, 0.2) is 5.78 Å². The zero-order chi connectivity index (χ0) is 11.1. The highest BCUT2D eigenvalue weighted by Crippen LogP contribution is 2.49. The number of rotatable bonds is 0. The summed E-state index contributed by atoms with van der Waals surface area (Å²) in [5.41, 5.74) is -0.373. The van der Waals surface area contributed by atoms with Crippen LogP contribution >= 0.6 is 0 Å². The molecule has 0 radical (unpaired) electrons. The fourth-order valence-electron chi connectivity index (χ4n) is 3.94. The van der Waals surface area contributed by atoms with Crippen LogP contribution in [0, 0.1) is 0 Å². The maximum absolute atomic E-state index is 12.3. The fraction of sp³-hybridized carbons (Fsp3) is 0.929. The molecule has 2 spiro atoms. The number of carbonyl (C=O) groups excluding carboxylic acids is 1. The molecule has 0 aromatic carbocycles. The van der Waals surface area contributed by atoms with Crippen molar-refractivity contribution >= 4 is 5.78 Å². The van der Waals surface area contributed by atoms with Crippen LogP contribution in [0.1, 0.15) is 70.6 Å². The van der Waals surface area contributed by atoms with Gasteiger partial charge in [-0.3, -0.25) is 4.79 Å². The van der Waals surface area contributed by atoms with Crippen LogP contribution in [-0.4, -0.2) is 17.0 Å². The summed E-state index contributed by atoms with van der Waals surface area (Å²) in [6.07, 6.45) is 12.4. The van der Waals surface area contributed by atoms with Gasteiger partial charge in [-0.2, -0.15) is 0 Å². The monoisotopic (exact) mass is 222 g/mol. The van der Waals surface area contributed by atoms with Gasteiger partial charge in [-0.25, -0.2) is 0 Å². The summed E-state index contributed by atoms with van der Waals surface area (Å²) in [7, 11) is 0. The van der Waals surface area contributed by atoms with E-state index in [-0.39, 0.29) is 11.2 Å². The van der Waals surface area contributed by atoms with E-state index in [1.54, 1.807) is 0 Å². The lowest BCUT2D eigenvalue weighted by molar-refractivity contribution is -0.152. The third kappa shape index (κ3) is 1.62. The second-order valence-electron chi connectivity index (χ2n) is 6.00. The smallest absolute Gasteiger partial charge is 0.167 e. The van der Waals surface area contributed by atoms with E-state index in [9.17, 15) is 4.79 Å². The van der Waals surface area contributed by atoms with Crippen molar-refractivity contribution in [1.29, 1.82) is 0 Å². The normalized spacial score (nSPS) is 32.4. The molecule has 3 rings (SSSR count).